The summed E-state index contributed by atoms with van der Waals surface area (Å²) in [5.41, 5.74) is -0.0750. The Morgan fingerprint density at radius 1 is 1.43 bits per heavy atom. The molecule has 0 bridgehead atoms. The van der Waals surface area contributed by atoms with Crippen molar-refractivity contribution in [1.82, 2.24) is 4.31 Å². The Hall–Kier alpha value is -1.54. The number of carbonyl (C=O) groups excluding carboxylic acids is 1. The predicted octanol–water partition coefficient (Wildman–Crippen LogP) is 1.28. The number of nitrogens with zero attached hydrogens (tertiary/aromatic N) is 1. The predicted molar refractivity (Wildman–Crippen MR) is 77.1 cm³/mol. The normalized spacial score (nSPS) is 23.3. The quantitative estimate of drug-likeness (QED) is 0.899. The van der Waals surface area contributed by atoms with Crippen molar-refractivity contribution in [3.63, 3.8) is 0 Å². The second kappa shape index (κ2) is 5.03. The van der Waals surface area contributed by atoms with Crippen LogP contribution in [0.2, 0.25) is 0 Å². The van der Waals surface area contributed by atoms with Crippen LogP contribution in [0.15, 0.2) is 23.1 Å². The molecule has 1 unspecified atom stereocenters. The van der Waals surface area contributed by atoms with Gasteiger partial charge in [-0.1, -0.05) is 0 Å². The van der Waals surface area contributed by atoms with Crippen molar-refractivity contribution in [1.29, 1.82) is 0 Å². The molecule has 8 heteroatoms. The van der Waals surface area contributed by atoms with Crippen molar-refractivity contribution in [3.05, 3.63) is 29.3 Å². The van der Waals surface area contributed by atoms with Crippen LogP contribution in [0.3, 0.4) is 0 Å². The van der Waals surface area contributed by atoms with Crippen LogP contribution in [-0.2, 0) is 10.0 Å². The molecular formula is C13H13NO5S2. The topological polar surface area (TPSA) is 91.8 Å². The third-order valence-corrected chi connectivity index (χ3v) is 6.72. The van der Waals surface area contributed by atoms with Gasteiger partial charge in [-0.05, 0) is 42.0 Å². The van der Waals surface area contributed by atoms with Gasteiger partial charge in [-0.2, -0.15) is 11.8 Å². The van der Waals surface area contributed by atoms with E-state index in [1.54, 1.807) is 11.8 Å². The van der Waals surface area contributed by atoms with Gasteiger partial charge >= 0.3 is 5.97 Å². The minimum atomic E-state index is -3.93. The van der Waals surface area contributed by atoms with Crippen molar-refractivity contribution >= 4 is 33.7 Å². The molecule has 1 fully saturated rings. The number of fused-ring (bicyclic) bond motifs is 1. The fraction of sp³-hybridized carbons (Fsp3) is 0.385. The van der Waals surface area contributed by atoms with Crippen LogP contribution in [0.5, 0.6) is 0 Å². The van der Waals surface area contributed by atoms with E-state index in [0.717, 1.165) is 28.3 Å². The zero-order valence-corrected chi connectivity index (χ0v) is 12.6. The maximum Gasteiger partial charge on any atom is 0.335 e. The highest BCUT2D eigenvalue weighted by molar-refractivity contribution is 7.99. The summed E-state index contributed by atoms with van der Waals surface area (Å²) in [6.07, 6.45) is 0.890. The minimum absolute atomic E-state index is 0.0608. The summed E-state index contributed by atoms with van der Waals surface area (Å²) in [4.78, 5) is 23.0. The highest BCUT2D eigenvalue weighted by Gasteiger charge is 2.42. The summed E-state index contributed by atoms with van der Waals surface area (Å²) in [5.74, 6) is 0.214. The van der Waals surface area contributed by atoms with E-state index in [2.05, 4.69) is 0 Å². The molecule has 1 atom stereocenters. The molecule has 112 valence electrons. The van der Waals surface area contributed by atoms with E-state index in [-0.39, 0.29) is 28.5 Å². The summed E-state index contributed by atoms with van der Waals surface area (Å²) in [6.45, 7) is 0.172. The van der Waals surface area contributed by atoms with E-state index in [0.29, 0.717) is 0 Å². The molecule has 2 aliphatic rings. The molecule has 3 rings (SSSR count). The van der Waals surface area contributed by atoms with Crippen molar-refractivity contribution in [2.24, 2.45) is 5.92 Å². The molecule has 1 saturated heterocycles. The van der Waals surface area contributed by atoms with Gasteiger partial charge in [0.05, 0.1) is 11.1 Å². The largest absolute Gasteiger partial charge is 0.478 e. The fourth-order valence-corrected chi connectivity index (χ4v) is 5.49. The Balaban J connectivity index is 1.99. The number of carboxylic acid groups (broad SMARTS) is 1. The van der Waals surface area contributed by atoms with Crippen LogP contribution in [-0.4, -0.2) is 47.8 Å². The van der Waals surface area contributed by atoms with Gasteiger partial charge in [0, 0.05) is 6.54 Å². The lowest BCUT2D eigenvalue weighted by Crippen LogP contribution is -2.34. The number of rotatable bonds is 3. The smallest absolute Gasteiger partial charge is 0.335 e. The second-order valence-electron chi connectivity index (χ2n) is 5.09. The van der Waals surface area contributed by atoms with Crippen molar-refractivity contribution in [2.45, 2.75) is 11.3 Å². The van der Waals surface area contributed by atoms with Gasteiger partial charge in [-0.3, -0.25) is 4.79 Å². The number of benzene rings is 1. The molecule has 0 spiro atoms. The van der Waals surface area contributed by atoms with Crippen molar-refractivity contribution in [2.75, 3.05) is 18.1 Å². The van der Waals surface area contributed by atoms with Gasteiger partial charge < -0.3 is 5.11 Å². The summed E-state index contributed by atoms with van der Waals surface area (Å²) >= 11 is 1.75. The first-order valence-corrected chi connectivity index (χ1v) is 9.03. The lowest BCUT2D eigenvalue weighted by Gasteiger charge is -2.18. The summed E-state index contributed by atoms with van der Waals surface area (Å²) in [6, 6.07) is 3.60. The van der Waals surface area contributed by atoms with Crippen LogP contribution in [0, 0.1) is 5.92 Å². The molecule has 0 saturated carbocycles. The monoisotopic (exact) mass is 327 g/mol. The highest BCUT2D eigenvalue weighted by atomic mass is 32.2. The van der Waals surface area contributed by atoms with E-state index < -0.39 is 21.9 Å². The van der Waals surface area contributed by atoms with Crippen molar-refractivity contribution < 1.29 is 23.1 Å². The molecule has 2 aliphatic heterocycles. The third kappa shape index (κ3) is 2.32. The molecule has 1 aromatic carbocycles. The van der Waals surface area contributed by atoms with E-state index >= 15 is 0 Å². The number of aromatic carboxylic acids is 1. The Morgan fingerprint density at radius 3 is 2.81 bits per heavy atom. The second-order valence-corrected chi connectivity index (χ2v) is 8.07. The molecule has 2 heterocycles. The Labute approximate surface area is 126 Å². The SMILES string of the molecule is O=C(O)c1ccc2c(c1)S(=O)(=O)N(CC1CCSC1)C2=O. The van der Waals surface area contributed by atoms with Gasteiger partial charge in [0.25, 0.3) is 15.9 Å². The lowest BCUT2D eigenvalue weighted by atomic mass is 10.1. The zero-order chi connectivity index (χ0) is 15.2. The van der Waals surface area contributed by atoms with Gasteiger partial charge in [0.1, 0.15) is 4.90 Å². The number of hydrogen-bond acceptors (Lipinski definition) is 5. The first kappa shape index (κ1) is 14.4. The molecule has 1 amide bonds. The number of carboxylic acids is 1. The average molecular weight is 327 g/mol. The molecule has 0 aliphatic carbocycles. The first-order valence-electron chi connectivity index (χ1n) is 6.43. The van der Waals surface area contributed by atoms with Crippen LogP contribution >= 0.6 is 11.8 Å². The van der Waals surface area contributed by atoms with Crippen molar-refractivity contribution in [3.8, 4) is 0 Å². The standard InChI is InChI=1S/C13H13NO5S2/c15-12-10-2-1-9(13(16)17)5-11(10)21(18,19)14(12)6-8-3-4-20-7-8/h1-2,5,8H,3-4,6-7H2,(H,16,17). The summed E-state index contributed by atoms with van der Waals surface area (Å²) in [7, 11) is -3.93. The summed E-state index contributed by atoms with van der Waals surface area (Å²) in [5, 5.41) is 8.95. The molecule has 1 aromatic rings. The Morgan fingerprint density at radius 2 is 2.19 bits per heavy atom. The Bertz CT molecular complexity index is 722. The van der Waals surface area contributed by atoms with Crippen LogP contribution in [0.1, 0.15) is 27.1 Å². The lowest BCUT2D eigenvalue weighted by molar-refractivity contribution is 0.0695. The van der Waals surface area contributed by atoms with Gasteiger partial charge in [0.15, 0.2) is 0 Å². The molecule has 0 radical (unpaired) electrons. The maximum absolute atomic E-state index is 12.5. The highest BCUT2D eigenvalue weighted by Crippen LogP contribution is 2.34. The molecular weight excluding hydrogens is 314 g/mol. The molecule has 6 nitrogen and oxygen atoms in total. The summed E-state index contributed by atoms with van der Waals surface area (Å²) < 4.78 is 25.8. The molecule has 1 N–H and O–H groups in total. The van der Waals surface area contributed by atoms with Gasteiger partial charge in [-0.15, -0.1) is 0 Å². The maximum atomic E-state index is 12.5. The van der Waals surface area contributed by atoms with Crippen LogP contribution in [0.4, 0.5) is 0 Å². The van der Waals surface area contributed by atoms with Crippen LogP contribution in [0.25, 0.3) is 0 Å². The number of hydrogen-bond donors (Lipinski definition) is 1. The number of amides is 1. The number of carbonyl (C=O) groups is 2. The van der Waals surface area contributed by atoms with Gasteiger partial charge in [0.2, 0.25) is 0 Å². The minimum Gasteiger partial charge on any atom is -0.478 e. The molecule has 0 aromatic heterocycles. The van der Waals surface area contributed by atoms with Gasteiger partial charge in [-0.25, -0.2) is 17.5 Å². The number of thioether (sulfide) groups is 1. The fourth-order valence-electron chi connectivity index (χ4n) is 2.55. The number of sulfonamides is 1. The Kier molecular flexibility index (Phi) is 3.45. The first-order chi connectivity index (χ1) is 9.91. The van der Waals surface area contributed by atoms with E-state index in [9.17, 15) is 18.0 Å². The van der Waals surface area contributed by atoms with Crippen LogP contribution < -0.4 is 0 Å². The molecule has 21 heavy (non-hydrogen) atoms. The van der Waals surface area contributed by atoms with E-state index in [4.69, 9.17) is 5.11 Å². The third-order valence-electron chi connectivity index (χ3n) is 3.70. The van der Waals surface area contributed by atoms with E-state index in [1.165, 1.54) is 12.1 Å². The van der Waals surface area contributed by atoms with E-state index in [1.807, 2.05) is 0 Å². The zero-order valence-electron chi connectivity index (χ0n) is 11.0. The average Bonchev–Trinajstić information content (AvgIpc) is 3.01.